The highest BCUT2D eigenvalue weighted by Gasteiger charge is 2.39. The molecule has 2 rings (SSSR count). The Labute approximate surface area is 122 Å². The Morgan fingerprint density at radius 1 is 1.62 bits per heavy atom. The molecule has 4 N–H and O–H groups in total. The van der Waals surface area contributed by atoms with Gasteiger partial charge in [0.1, 0.15) is 17.2 Å². The SMILES string of the molecule is COC1(c2nc(N)c(CC(=O)O)c(=O)[nH]2)CCCC(C)C1. The van der Waals surface area contributed by atoms with Gasteiger partial charge in [-0.3, -0.25) is 9.59 Å². The van der Waals surface area contributed by atoms with E-state index in [9.17, 15) is 9.59 Å². The van der Waals surface area contributed by atoms with E-state index in [1.165, 1.54) is 0 Å². The van der Waals surface area contributed by atoms with Crippen LogP contribution in [0.4, 0.5) is 5.82 Å². The van der Waals surface area contributed by atoms with Crippen LogP contribution in [0.1, 0.15) is 44.0 Å². The number of anilines is 1. The van der Waals surface area contributed by atoms with Crippen molar-refractivity contribution in [2.75, 3.05) is 12.8 Å². The molecule has 0 bridgehead atoms. The Morgan fingerprint density at radius 3 is 2.86 bits per heavy atom. The molecular weight excluding hydrogens is 274 g/mol. The topological polar surface area (TPSA) is 118 Å². The van der Waals surface area contributed by atoms with E-state index in [-0.39, 0.29) is 11.4 Å². The Morgan fingerprint density at radius 2 is 2.33 bits per heavy atom. The average molecular weight is 295 g/mol. The summed E-state index contributed by atoms with van der Waals surface area (Å²) < 4.78 is 5.66. The number of nitrogens with two attached hydrogens (primary N) is 1. The molecule has 7 heteroatoms. The molecule has 1 heterocycles. The largest absolute Gasteiger partial charge is 0.481 e. The van der Waals surface area contributed by atoms with Crippen LogP contribution in [-0.2, 0) is 21.6 Å². The molecule has 0 aliphatic heterocycles. The number of carboxylic acid groups (broad SMARTS) is 1. The van der Waals surface area contributed by atoms with E-state index in [2.05, 4.69) is 16.9 Å². The number of ether oxygens (including phenoxy) is 1. The van der Waals surface area contributed by atoms with Crippen molar-refractivity contribution in [1.82, 2.24) is 9.97 Å². The molecule has 0 amide bonds. The second-order valence-electron chi connectivity index (χ2n) is 5.75. The zero-order chi connectivity index (χ0) is 15.6. The van der Waals surface area contributed by atoms with E-state index in [4.69, 9.17) is 15.6 Å². The van der Waals surface area contributed by atoms with Crippen LogP contribution in [0.3, 0.4) is 0 Å². The summed E-state index contributed by atoms with van der Waals surface area (Å²) in [5.74, 6) is -0.294. The van der Waals surface area contributed by atoms with Crippen LogP contribution in [0.2, 0.25) is 0 Å². The van der Waals surface area contributed by atoms with Gasteiger partial charge in [-0.15, -0.1) is 0 Å². The molecular formula is C14H21N3O4. The third-order valence-electron chi connectivity index (χ3n) is 4.15. The van der Waals surface area contributed by atoms with Crippen LogP contribution in [0.15, 0.2) is 4.79 Å². The van der Waals surface area contributed by atoms with Crippen LogP contribution in [0, 0.1) is 5.92 Å². The Kier molecular flexibility index (Phi) is 4.32. The van der Waals surface area contributed by atoms with Gasteiger partial charge < -0.3 is 20.6 Å². The maximum absolute atomic E-state index is 12.1. The maximum Gasteiger partial charge on any atom is 0.308 e. The minimum atomic E-state index is -1.12. The number of nitrogens with one attached hydrogen (secondary N) is 1. The molecule has 1 aliphatic rings. The van der Waals surface area contributed by atoms with Gasteiger partial charge in [-0.1, -0.05) is 13.3 Å². The molecule has 1 saturated carbocycles. The van der Waals surface area contributed by atoms with Crippen molar-refractivity contribution in [3.05, 3.63) is 21.7 Å². The highest BCUT2D eigenvalue weighted by Crippen LogP contribution is 2.40. The number of nitrogens with zero attached hydrogens (tertiary/aromatic N) is 1. The molecule has 0 saturated heterocycles. The van der Waals surface area contributed by atoms with Gasteiger partial charge in [-0.05, 0) is 25.2 Å². The number of rotatable bonds is 4. The molecule has 0 spiro atoms. The fourth-order valence-corrected chi connectivity index (χ4v) is 3.05. The molecule has 2 unspecified atom stereocenters. The third-order valence-corrected chi connectivity index (χ3v) is 4.15. The minimum absolute atomic E-state index is 0.0126. The van der Waals surface area contributed by atoms with Crippen molar-refractivity contribution < 1.29 is 14.6 Å². The second-order valence-corrected chi connectivity index (χ2v) is 5.75. The van der Waals surface area contributed by atoms with Gasteiger partial charge in [0.25, 0.3) is 5.56 Å². The van der Waals surface area contributed by atoms with Gasteiger partial charge in [0.2, 0.25) is 0 Å². The molecule has 1 aliphatic carbocycles. The number of nitrogen functional groups attached to an aromatic ring is 1. The standard InChI is InChI=1S/C14H21N3O4/c1-8-4-3-5-14(7-8,21-2)13-16-11(15)9(6-10(18)19)12(20)17-13/h8H,3-7H2,1-2H3,(H,18,19)(H3,15,16,17,20). The average Bonchev–Trinajstić information content (AvgIpc) is 2.42. The smallest absolute Gasteiger partial charge is 0.308 e. The molecule has 21 heavy (non-hydrogen) atoms. The van der Waals surface area contributed by atoms with Crippen LogP contribution >= 0.6 is 0 Å². The molecule has 0 radical (unpaired) electrons. The maximum atomic E-state index is 12.1. The van der Waals surface area contributed by atoms with Crippen molar-refractivity contribution in [3.63, 3.8) is 0 Å². The summed E-state index contributed by atoms with van der Waals surface area (Å²) in [5.41, 5.74) is 4.61. The number of aromatic nitrogens is 2. The Bertz CT molecular complexity index is 598. The van der Waals surface area contributed by atoms with E-state index in [0.717, 1.165) is 25.7 Å². The second kappa shape index (κ2) is 5.85. The van der Waals surface area contributed by atoms with Crippen LogP contribution in [0.25, 0.3) is 0 Å². The predicted octanol–water partition coefficient (Wildman–Crippen LogP) is 1.03. The van der Waals surface area contributed by atoms with Gasteiger partial charge in [0, 0.05) is 7.11 Å². The number of aliphatic carboxylic acids is 1. The number of H-pyrrole nitrogens is 1. The van der Waals surface area contributed by atoms with E-state index in [1.54, 1.807) is 7.11 Å². The normalized spacial score (nSPS) is 25.7. The first-order valence-corrected chi connectivity index (χ1v) is 7.04. The van der Waals surface area contributed by atoms with E-state index in [1.807, 2.05) is 0 Å². The zero-order valence-electron chi connectivity index (χ0n) is 12.3. The van der Waals surface area contributed by atoms with Crippen LogP contribution in [-0.4, -0.2) is 28.2 Å². The summed E-state index contributed by atoms with van der Waals surface area (Å²) in [7, 11) is 1.60. The summed E-state index contributed by atoms with van der Waals surface area (Å²) in [4.78, 5) is 29.7. The summed E-state index contributed by atoms with van der Waals surface area (Å²) >= 11 is 0. The summed E-state index contributed by atoms with van der Waals surface area (Å²) in [6.45, 7) is 2.13. The van der Waals surface area contributed by atoms with Crippen molar-refractivity contribution in [1.29, 1.82) is 0 Å². The lowest BCUT2D eigenvalue weighted by molar-refractivity contribution is -0.136. The lowest BCUT2D eigenvalue weighted by Crippen LogP contribution is -2.38. The van der Waals surface area contributed by atoms with Gasteiger partial charge in [-0.2, -0.15) is 0 Å². The first-order valence-electron chi connectivity index (χ1n) is 7.04. The van der Waals surface area contributed by atoms with E-state index >= 15 is 0 Å². The summed E-state index contributed by atoms with van der Waals surface area (Å²) in [6.07, 6.45) is 3.17. The highest BCUT2D eigenvalue weighted by molar-refractivity contribution is 5.71. The number of carbonyl (C=O) groups is 1. The Balaban J connectivity index is 2.44. The zero-order valence-corrected chi connectivity index (χ0v) is 12.3. The number of carboxylic acids is 1. The molecule has 116 valence electrons. The van der Waals surface area contributed by atoms with Gasteiger partial charge in [-0.25, -0.2) is 4.98 Å². The quantitative estimate of drug-likeness (QED) is 0.763. The lowest BCUT2D eigenvalue weighted by atomic mass is 9.78. The first kappa shape index (κ1) is 15.5. The fourth-order valence-electron chi connectivity index (χ4n) is 3.05. The van der Waals surface area contributed by atoms with Crippen molar-refractivity contribution in [2.24, 2.45) is 5.92 Å². The first-order chi connectivity index (χ1) is 9.88. The minimum Gasteiger partial charge on any atom is -0.481 e. The number of methoxy groups -OCH3 is 1. The predicted molar refractivity (Wildman–Crippen MR) is 76.9 cm³/mol. The third kappa shape index (κ3) is 3.07. The van der Waals surface area contributed by atoms with Gasteiger partial charge >= 0.3 is 5.97 Å². The van der Waals surface area contributed by atoms with Crippen molar-refractivity contribution >= 4 is 11.8 Å². The highest BCUT2D eigenvalue weighted by atomic mass is 16.5. The van der Waals surface area contributed by atoms with Gasteiger partial charge in [0.05, 0.1) is 12.0 Å². The van der Waals surface area contributed by atoms with Crippen molar-refractivity contribution in [3.8, 4) is 0 Å². The molecule has 1 aromatic rings. The number of aromatic amines is 1. The summed E-state index contributed by atoms with van der Waals surface area (Å²) in [5, 5.41) is 8.80. The monoisotopic (exact) mass is 295 g/mol. The fraction of sp³-hybridized carbons (Fsp3) is 0.643. The lowest BCUT2D eigenvalue weighted by Gasteiger charge is -2.37. The molecule has 0 aromatic carbocycles. The molecule has 7 nitrogen and oxygen atoms in total. The summed E-state index contributed by atoms with van der Waals surface area (Å²) in [6, 6.07) is 0. The van der Waals surface area contributed by atoms with Crippen LogP contribution < -0.4 is 11.3 Å². The molecule has 1 aromatic heterocycles. The van der Waals surface area contributed by atoms with Crippen LogP contribution in [0.5, 0.6) is 0 Å². The van der Waals surface area contributed by atoms with Crippen molar-refractivity contribution in [2.45, 2.75) is 44.6 Å². The molecule has 2 atom stereocenters. The van der Waals surface area contributed by atoms with E-state index in [0.29, 0.717) is 11.7 Å². The number of hydrogen-bond donors (Lipinski definition) is 3. The number of hydrogen-bond acceptors (Lipinski definition) is 5. The van der Waals surface area contributed by atoms with E-state index < -0.39 is 23.6 Å². The van der Waals surface area contributed by atoms with Gasteiger partial charge in [0.15, 0.2) is 0 Å². The molecule has 1 fully saturated rings. The Hall–Kier alpha value is -1.89.